The Morgan fingerprint density at radius 3 is 2.41 bits per heavy atom. The van der Waals surface area contributed by atoms with Gasteiger partial charge in [-0.05, 0) is 39.8 Å². The van der Waals surface area contributed by atoms with E-state index in [1.807, 2.05) is 6.92 Å². The van der Waals surface area contributed by atoms with Crippen molar-refractivity contribution in [3.8, 4) is 0 Å². The Labute approximate surface area is 111 Å². The van der Waals surface area contributed by atoms with E-state index in [-0.39, 0.29) is 0 Å². The van der Waals surface area contributed by atoms with Crippen LogP contribution in [-0.2, 0) is 4.74 Å². The first-order valence-corrected chi connectivity index (χ1v) is 5.95. The van der Waals surface area contributed by atoms with Gasteiger partial charge in [-0.2, -0.15) is 0 Å². The molecule has 0 atom stereocenters. The summed E-state index contributed by atoms with van der Waals surface area (Å²) in [5, 5.41) is 0. The van der Waals surface area contributed by atoms with Crippen LogP contribution in [0, 0.1) is 0 Å². The van der Waals surface area contributed by atoms with Crippen molar-refractivity contribution in [1.82, 2.24) is 10.9 Å². The van der Waals surface area contributed by atoms with Crippen molar-refractivity contribution in [2.75, 3.05) is 0 Å². The van der Waals surface area contributed by atoms with Crippen molar-refractivity contribution < 1.29 is 9.53 Å². The van der Waals surface area contributed by atoms with E-state index in [0.717, 1.165) is 10.2 Å². The molecular formula is C12H19BrN2O2. The van der Waals surface area contributed by atoms with E-state index in [0.29, 0.717) is 0 Å². The largest absolute Gasteiger partial charge is 0.443 e. The number of rotatable bonds is 4. The predicted octanol–water partition coefficient (Wildman–Crippen LogP) is 3.38. The summed E-state index contributed by atoms with van der Waals surface area (Å²) in [6.07, 6.45) is 4.74. The molecule has 0 heterocycles. The SMILES string of the molecule is C=C/C=C(Br)\C=C(/C)NNC(=O)OC(C)(C)C. The summed E-state index contributed by atoms with van der Waals surface area (Å²) in [5.41, 5.74) is 5.42. The molecule has 0 aromatic heterocycles. The highest BCUT2D eigenvalue weighted by Gasteiger charge is 2.15. The lowest BCUT2D eigenvalue weighted by atomic mass is 10.2. The highest BCUT2D eigenvalue weighted by atomic mass is 79.9. The van der Waals surface area contributed by atoms with Crippen LogP contribution in [0.15, 0.2) is 35.0 Å². The zero-order valence-electron chi connectivity index (χ0n) is 10.6. The maximum atomic E-state index is 11.3. The molecule has 0 aliphatic carbocycles. The second kappa shape index (κ2) is 7.17. The third-order valence-electron chi connectivity index (χ3n) is 1.39. The Bertz CT molecular complexity index is 341. The van der Waals surface area contributed by atoms with Crippen molar-refractivity contribution in [1.29, 1.82) is 0 Å². The normalized spacial score (nSPS) is 13.0. The fourth-order valence-corrected chi connectivity index (χ4v) is 1.39. The molecule has 4 nitrogen and oxygen atoms in total. The molecule has 0 rings (SSSR count). The fourth-order valence-electron chi connectivity index (χ4n) is 0.857. The number of carbonyl (C=O) groups is 1. The Morgan fingerprint density at radius 1 is 1.35 bits per heavy atom. The van der Waals surface area contributed by atoms with Gasteiger partial charge in [0.15, 0.2) is 0 Å². The summed E-state index contributed by atoms with van der Waals surface area (Å²) in [7, 11) is 0. The summed E-state index contributed by atoms with van der Waals surface area (Å²) in [6, 6.07) is 0. The van der Waals surface area contributed by atoms with Crippen LogP contribution in [0.3, 0.4) is 0 Å². The van der Waals surface area contributed by atoms with Crippen molar-refractivity contribution in [3.05, 3.63) is 35.0 Å². The molecule has 0 saturated heterocycles. The highest BCUT2D eigenvalue weighted by Crippen LogP contribution is 2.08. The zero-order valence-corrected chi connectivity index (χ0v) is 12.2. The number of allylic oxidation sites excluding steroid dienone is 5. The Hall–Kier alpha value is -1.23. The molecule has 96 valence electrons. The second-order valence-electron chi connectivity index (χ2n) is 4.37. The molecule has 0 bridgehead atoms. The minimum atomic E-state index is -0.519. The van der Waals surface area contributed by atoms with Crippen LogP contribution in [0.4, 0.5) is 4.79 Å². The fraction of sp³-hybridized carbons (Fsp3) is 0.417. The van der Waals surface area contributed by atoms with Gasteiger partial charge in [0.2, 0.25) is 0 Å². The molecule has 2 N–H and O–H groups in total. The first-order chi connectivity index (χ1) is 7.74. The molecule has 0 aliphatic heterocycles. The first-order valence-electron chi connectivity index (χ1n) is 5.16. The van der Waals surface area contributed by atoms with Gasteiger partial charge in [0.1, 0.15) is 5.60 Å². The maximum Gasteiger partial charge on any atom is 0.426 e. The third kappa shape index (κ3) is 9.68. The molecule has 0 fully saturated rings. The van der Waals surface area contributed by atoms with Gasteiger partial charge in [0.25, 0.3) is 0 Å². The smallest absolute Gasteiger partial charge is 0.426 e. The topological polar surface area (TPSA) is 50.4 Å². The van der Waals surface area contributed by atoms with Crippen LogP contribution in [0.2, 0.25) is 0 Å². The van der Waals surface area contributed by atoms with Gasteiger partial charge >= 0.3 is 6.09 Å². The maximum absolute atomic E-state index is 11.3. The molecule has 0 spiro atoms. The standard InChI is InChI=1S/C12H19BrN2O2/c1-6-7-10(13)8-9(2)14-15-11(16)17-12(3,4)5/h6-8,14H,1H2,2-5H3,(H,15,16)/b9-8+,10-7+. The number of nitrogens with one attached hydrogen (secondary N) is 2. The molecule has 0 saturated carbocycles. The lowest BCUT2D eigenvalue weighted by Crippen LogP contribution is -2.40. The van der Waals surface area contributed by atoms with Crippen molar-refractivity contribution in [2.24, 2.45) is 0 Å². The van der Waals surface area contributed by atoms with Gasteiger partial charge in [0, 0.05) is 10.2 Å². The van der Waals surface area contributed by atoms with Gasteiger partial charge in [-0.15, -0.1) is 0 Å². The molecule has 17 heavy (non-hydrogen) atoms. The second-order valence-corrected chi connectivity index (χ2v) is 5.28. The monoisotopic (exact) mass is 302 g/mol. The van der Waals surface area contributed by atoms with Gasteiger partial charge in [0.05, 0.1) is 0 Å². The molecule has 0 aromatic carbocycles. The van der Waals surface area contributed by atoms with Crippen molar-refractivity contribution in [2.45, 2.75) is 33.3 Å². The summed E-state index contributed by atoms with van der Waals surface area (Å²) in [4.78, 5) is 11.3. The summed E-state index contributed by atoms with van der Waals surface area (Å²) in [5.74, 6) is 0. The van der Waals surface area contributed by atoms with E-state index in [1.165, 1.54) is 0 Å². The van der Waals surface area contributed by atoms with E-state index in [4.69, 9.17) is 4.74 Å². The van der Waals surface area contributed by atoms with Crippen molar-refractivity contribution in [3.63, 3.8) is 0 Å². The Morgan fingerprint density at radius 2 is 1.94 bits per heavy atom. The molecule has 0 radical (unpaired) electrons. The molecule has 0 aromatic rings. The Kier molecular flexibility index (Phi) is 6.65. The number of amides is 1. The number of hydrazine groups is 1. The van der Waals surface area contributed by atoms with Gasteiger partial charge in [-0.25, -0.2) is 10.2 Å². The summed E-state index contributed by atoms with van der Waals surface area (Å²) in [6.45, 7) is 10.8. The first kappa shape index (κ1) is 15.8. The lowest BCUT2D eigenvalue weighted by Gasteiger charge is -2.20. The van der Waals surface area contributed by atoms with Crippen LogP contribution in [-0.4, -0.2) is 11.7 Å². The van der Waals surface area contributed by atoms with E-state index < -0.39 is 11.7 Å². The minimum absolute atomic E-state index is 0.507. The molecule has 1 amide bonds. The van der Waals surface area contributed by atoms with Gasteiger partial charge in [-0.3, -0.25) is 0 Å². The van der Waals surface area contributed by atoms with Gasteiger partial charge < -0.3 is 10.2 Å². The minimum Gasteiger partial charge on any atom is -0.443 e. The van der Waals surface area contributed by atoms with E-state index >= 15 is 0 Å². The van der Waals surface area contributed by atoms with Gasteiger partial charge in [-0.1, -0.05) is 28.6 Å². The molecule has 0 aliphatic rings. The van der Waals surface area contributed by atoms with Crippen LogP contribution < -0.4 is 10.9 Å². The third-order valence-corrected chi connectivity index (χ3v) is 1.89. The number of ether oxygens (including phenoxy) is 1. The quantitative estimate of drug-likeness (QED) is 0.618. The molecule has 5 heteroatoms. The number of carbonyl (C=O) groups excluding carboxylic acids is 1. The van der Waals surface area contributed by atoms with E-state index in [2.05, 4.69) is 33.4 Å². The zero-order chi connectivity index (χ0) is 13.5. The number of hydrogen-bond donors (Lipinski definition) is 2. The van der Waals surface area contributed by atoms with E-state index in [9.17, 15) is 4.79 Å². The molecule has 0 unspecified atom stereocenters. The van der Waals surface area contributed by atoms with Crippen LogP contribution in [0.25, 0.3) is 0 Å². The number of halogens is 1. The molecular weight excluding hydrogens is 284 g/mol. The van der Waals surface area contributed by atoms with E-state index in [1.54, 1.807) is 39.0 Å². The Balaban J connectivity index is 4.17. The average Bonchev–Trinajstić information content (AvgIpc) is 2.12. The number of hydrogen-bond acceptors (Lipinski definition) is 3. The summed E-state index contributed by atoms with van der Waals surface area (Å²) < 4.78 is 5.91. The van der Waals surface area contributed by atoms with Crippen LogP contribution in [0.1, 0.15) is 27.7 Å². The van der Waals surface area contributed by atoms with Crippen LogP contribution in [0.5, 0.6) is 0 Å². The highest BCUT2D eigenvalue weighted by molar-refractivity contribution is 9.11. The summed E-state index contributed by atoms with van der Waals surface area (Å²) >= 11 is 3.32. The van der Waals surface area contributed by atoms with Crippen LogP contribution >= 0.6 is 15.9 Å². The lowest BCUT2D eigenvalue weighted by molar-refractivity contribution is 0.0506. The predicted molar refractivity (Wildman–Crippen MR) is 73.5 cm³/mol. The average molecular weight is 303 g/mol. The van der Waals surface area contributed by atoms with Crippen molar-refractivity contribution >= 4 is 22.0 Å².